The normalized spacial score (nSPS) is 20.6. The van der Waals surface area contributed by atoms with Crippen LogP contribution in [0.3, 0.4) is 0 Å². The molecule has 2 heterocycles. The summed E-state index contributed by atoms with van der Waals surface area (Å²) in [5.41, 5.74) is 6.70. The van der Waals surface area contributed by atoms with E-state index in [0.29, 0.717) is 31.0 Å². The van der Waals surface area contributed by atoms with Crippen molar-refractivity contribution < 1.29 is 14.6 Å². The minimum Gasteiger partial charge on any atom is -0.394 e. The summed E-state index contributed by atoms with van der Waals surface area (Å²) in [6, 6.07) is 0. The van der Waals surface area contributed by atoms with Crippen molar-refractivity contribution in [1.82, 2.24) is 15.1 Å². The quantitative estimate of drug-likeness (QED) is 0.623. The zero-order valence-electron chi connectivity index (χ0n) is 9.64. The number of hydrogen-bond acceptors (Lipinski definition) is 5. The number of nitrogens with one attached hydrogen (secondary N) is 1. The number of anilines is 1. The van der Waals surface area contributed by atoms with Crippen molar-refractivity contribution in [3.8, 4) is 0 Å². The first kappa shape index (κ1) is 11.9. The molecule has 4 N–H and O–H groups in total. The Balaban J connectivity index is 2.15. The van der Waals surface area contributed by atoms with Gasteiger partial charge in [0.25, 0.3) is 5.91 Å². The molecule has 1 aliphatic heterocycles. The number of nitrogens with zero attached hydrogens (tertiary/aromatic N) is 2. The first-order valence-corrected chi connectivity index (χ1v) is 5.45. The van der Waals surface area contributed by atoms with Gasteiger partial charge in [-0.05, 0) is 6.92 Å². The standard InChI is InChI=1S/C10H16N4O3/c1-6-8(9(11)13-12-6)10(16)14-2-3-17-7(4-14)5-15/h7,15H,2-5H2,1H3,(H3,11,12,13). The summed E-state index contributed by atoms with van der Waals surface area (Å²) in [5, 5.41) is 15.5. The van der Waals surface area contributed by atoms with Crippen molar-refractivity contribution in [3.63, 3.8) is 0 Å². The topological polar surface area (TPSA) is 104 Å². The SMILES string of the molecule is Cc1[nH]nc(N)c1C(=O)N1CCOC(CO)C1. The van der Waals surface area contributed by atoms with E-state index in [1.54, 1.807) is 11.8 Å². The van der Waals surface area contributed by atoms with Gasteiger partial charge in [-0.2, -0.15) is 5.10 Å². The maximum absolute atomic E-state index is 12.2. The second-order valence-corrected chi connectivity index (χ2v) is 4.04. The molecule has 1 aliphatic rings. The maximum Gasteiger partial charge on any atom is 0.259 e. The van der Waals surface area contributed by atoms with Crippen LogP contribution in [0.5, 0.6) is 0 Å². The fourth-order valence-electron chi connectivity index (χ4n) is 1.89. The van der Waals surface area contributed by atoms with Crippen molar-refractivity contribution in [3.05, 3.63) is 11.3 Å². The van der Waals surface area contributed by atoms with Crippen molar-refractivity contribution >= 4 is 11.7 Å². The summed E-state index contributed by atoms with van der Waals surface area (Å²) in [6.45, 7) is 2.96. The molecule has 0 spiro atoms. The maximum atomic E-state index is 12.2. The number of aliphatic hydroxyl groups excluding tert-OH is 1. The van der Waals surface area contributed by atoms with Crippen LogP contribution >= 0.6 is 0 Å². The molecule has 1 aromatic heterocycles. The van der Waals surface area contributed by atoms with Crippen molar-refractivity contribution in [1.29, 1.82) is 0 Å². The van der Waals surface area contributed by atoms with E-state index in [0.717, 1.165) is 0 Å². The molecule has 1 fully saturated rings. The minimum atomic E-state index is -0.318. The number of morpholine rings is 1. The highest BCUT2D eigenvalue weighted by molar-refractivity contribution is 5.99. The Bertz CT molecular complexity index is 398. The van der Waals surface area contributed by atoms with Gasteiger partial charge in [-0.25, -0.2) is 0 Å². The van der Waals surface area contributed by atoms with Gasteiger partial charge in [-0.15, -0.1) is 0 Å². The van der Waals surface area contributed by atoms with Gasteiger partial charge in [0, 0.05) is 18.8 Å². The third-order valence-electron chi connectivity index (χ3n) is 2.82. The Labute approximate surface area is 98.5 Å². The lowest BCUT2D eigenvalue weighted by atomic mass is 10.2. The molecular weight excluding hydrogens is 224 g/mol. The van der Waals surface area contributed by atoms with E-state index >= 15 is 0 Å². The molecule has 2 rings (SSSR count). The number of aryl methyl sites for hydroxylation is 1. The molecule has 1 saturated heterocycles. The van der Waals surface area contributed by atoms with E-state index in [9.17, 15) is 4.79 Å². The number of nitrogens with two attached hydrogens (primary N) is 1. The Kier molecular flexibility index (Phi) is 3.30. The van der Waals surface area contributed by atoms with E-state index in [1.807, 2.05) is 0 Å². The number of aromatic nitrogens is 2. The molecular formula is C10H16N4O3. The van der Waals surface area contributed by atoms with Crippen LogP contribution in [0.1, 0.15) is 16.1 Å². The molecule has 0 bridgehead atoms. The number of aromatic amines is 1. The van der Waals surface area contributed by atoms with E-state index < -0.39 is 0 Å². The van der Waals surface area contributed by atoms with Crippen LogP contribution in [0.15, 0.2) is 0 Å². The predicted molar refractivity (Wildman–Crippen MR) is 60.5 cm³/mol. The largest absolute Gasteiger partial charge is 0.394 e. The van der Waals surface area contributed by atoms with E-state index in [-0.39, 0.29) is 24.4 Å². The van der Waals surface area contributed by atoms with Crippen LogP contribution in [-0.4, -0.2) is 58.5 Å². The van der Waals surface area contributed by atoms with Gasteiger partial charge < -0.3 is 20.5 Å². The average Bonchev–Trinajstić information content (AvgIpc) is 2.68. The molecule has 1 atom stereocenters. The van der Waals surface area contributed by atoms with Crippen molar-refractivity contribution in [2.24, 2.45) is 0 Å². The van der Waals surface area contributed by atoms with Gasteiger partial charge in [0.2, 0.25) is 0 Å². The molecule has 7 nitrogen and oxygen atoms in total. The molecule has 0 aliphatic carbocycles. The van der Waals surface area contributed by atoms with Gasteiger partial charge in [0.1, 0.15) is 5.56 Å². The second-order valence-electron chi connectivity index (χ2n) is 4.04. The summed E-state index contributed by atoms with van der Waals surface area (Å²) in [4.78, 5) is 13.8. The van der Waals surface area contributed by atoms with Crippen molar-refractivity contribution in [2.45, 2.75) is 13.0 Å². The van der Waals surface area contributed by atoms with E-state index in [4.69, 9.17) is 15.6 Å². The fraction of sp³-hybridized carbons (Fsp3) is 0.600. The van der Waals surface area contributed by atoms with Crippen LogP contribution in [-0.2, 0) is 4.74 Å². The first-order valence-electron chi connectivity index (χ1n) is 5.45. The van der Waals surface area contributed by atoms with Gasteiger partial charge >= 0.3 is 0 Å². The Hall–Kier alpha value is -1.60. The lowest BCUT2D eigenvalue weighted by Gasteiger charge is -2.32. The third kappa shape index (κ3) is 2.25. The zero-order valence-corrected chi connectivity index (χ0v) is 9.64. The summed E-state index contributed by atoms with van der Waals surface area (Å²) >= 11 is 0. The van der Waals surface area contributed by atoms with Gasteiger partial charge in [0.05, 0.1) is 19.3 Å². The molecule has 0 saturated carbocycles. The van der Waals surface area contributed by atoms with Crippen LogP contribution in [0.2, 0.25) is 0 Å². The molecule has 94 valence electrons. The lowest BCUT2D eigenvalue weighted by molar-refractivity contribution is -0.0447. The number of ether oxygens (including phenoxy) is 1. The summed E-state index contributed by atoms with van der Waals surface area (Å²) in [5.74, 6) is 0.0371. The number of amides is 1. The average molecular weight is 240 g/mol. The van der Waals surface area contributed by atoms with Crippen LogP contribution in [0.4, 0.5) is 5.82 Å². The highest BCUT2D eigenvalue weighted by atomic mass is 16.5. The van der Waals surface area contributed by atoms with E-state index in [2.05, 4.69) is 10.2 Å². The minimum absolute atomic E-state index is 0.0936. The fourth-order valence-corrected chi connectivity index (χ4v) is 1.89. The molecule has 1 aromatic rings. The number of rotatable bonds is 2. The molecule has 0 radical (unpaired) electrons. The monoisotopic (exact) mass is 240 g/mol. The lowest BCUT2D eigenvalue weighted by Crippen LogP contribution is -2.47. The Morgan fingerprint density at radius 3 is 3.12 bits per heavy atom. The third-order valence-corrected chi connectivity index (χ3v) is 2.82. The Morgan fingerprint density at radius 2 is 2.53 bits per heavy atom. The number of carbonyl (C=O) groups is 1. The van der Waals surface area contributed by atoms with Crippen LogP contribution < -0.4 is 5.73 Å². The van der Waals surface area contributed by atoms with Crippen LogP contribution in [0.25, 0.3) is 0 Å². The summed E-state index contributed by atoms with van der Waals surface area (Å²) < 4.78 is 5.29. The highest BCUT2D eigenvalue weighted by Crippen LogP contribution is 2.17. The zero-order chi connectivity index (χ0) is 12.4. The number of carbonyl (C=O) groups excluding carboxylic acids is 1. The molecule has 1 unspecified atom stereocenters. The summed E-state index contributed by atoms with van der Waals surface area (Å²) in [7, 11) is 0. The number of H-pyrrole nitrogens is 1. The molecule has 0 aromatic carbocycles. The van der Waals surface area contributed by atoms with Crippen molar-refractivity contribution in [2.75, 3.05) is 32.0 Å². The predicted octanol–water partition coefficient (Wildman–Crippen LogP) is -0.866. The molecule has 17 heavy (non-hydrogen) atoms. The Morgan fingerprint density at radius 1 is 1.76 bits per heavy atom. The molecule has 1 amide bonds. The van der Waals surface area contributed by atoms with E-state index in [1.165, 1.54) is 0 Å². The van der Waals surface area contributed by atoms with Gasteiger partial charge in [0.15, 0.2) is 5.82 Å². The summed E-state index contributed by atoms with van der Waals surface area (Å²) in [6.07, 6.45) is -0.318. The van der Waals surface area contributed by atoms with Gasteiger partial charge in [-0.1, -0.05) is 0 Å². The second kappa shape index (κ2) is 4.72. The van der Waals surface area contributed by atoms with Crippen LogP contribution in [0, 0.1) is 6.92 Å². The number of hydrogen-bond donors (Lipinski definition) is 3. The smallest absolute Gasteiger partial charge is 0.259 e. The van der Waals surface area contributed by atoms with Gasteiger partial charge in [-0.3, -0.25) is 9.89 Å². The highest BCUT2D eigenvalue weighted by Gasteiger charge is 2.27. The molecule has 7 heteroatoms. The number of aliphatic hydroxyl groups is 1. The first-order chi connectivity index (χ1) is 8.13. The number of nitrogen functional groups attached to an aromatic ring is 1.